The fraction of sp³-hybridized carbons (Fsp3) is 0.286. The molecule has 1 aromatic carbocycles. The van der Waals surface area contributed by atoms with Gasteiger partial charge in [-0.3, -0.25) is 4.79 Å². The molecule has 1 rings (SSSR count). The Hall–Kier alpha value is -1.81. The fourth-order valence-corrected chi connectivity index (χ4v) is 1.69. The molecule has 0 N–H and O–H groups in total. The maximum atomic E-state index is 11.3. The van der Waals surface area contributed by atoms with Gasteiger partial charge in [-0.2, -0.15) is 0 Å². The molecule has 4 nitrogen and oxygen atoms in total. The number of rotatable bonds is 5. The summed E-state index contributed by atoms with van der Waals surface area (Å²) in [4.78, 5) is 22.5. The van der Waals surface area contributed by atoms with Crippen LogP contribution in [0.25, 0.3) is 6.08 Å². The van der Waals surface area contributed by atoms with E-state index in [4.69, 9.17) is 16.3 Å². The van der Waals surface area contributed by atoms with E-state index >= 15 is 0 Å². The molecule has 0 unspecified atom stereocenters. The Balaban J connectivity index is 2.71. The van der Waals surface area contributed by atoms with Crippen LogP contribution in [0, 0.1) is 0 Å². The van der Waals surface area contributed by atoms with Gasteiger partial charge < -0.3 is 9.47 Å². The second-order valence-corrected chi connectivity index (χ2v) is 4.05. The standard InChI is InChI=1S/C14H15ClO4/c1-3-19-13(16)6-4-5-10-7-8-11(12(15)9-10)14(17)18-2/h4-5,7-9H,3,6H2,1-2H3. The maximum absolute atomic E-state index is 11.3. The van der Waals surface area contributed by atoms with Gasteiger partial charge in [-0.15, -0.1) is 0 Å². The van der Waals surface area contributed by atoms with Crippen molar-refractivity contribution >= 4 is 29.6 Å². The lowest BCUT2D eigenvalue weighted by Gasteiger charge is -2.03. The largest absolute Gasteiger partial charge is 0.466 e. The number of carbonyl (C=O) groups excluding carboxylic acids is 2. The Kier molecular flexibility index (Phi) is 6.09. The van der Waals surface area contributed by atoms with Gasteiger partial charge in [0, 0.05) is 0 Å². The van der Waals surface area contributed by atoms with Gasteiger partial charge in [0.2, 0.25) is 0 Å². The van der Waals surface area contributed by atoms with Crippen LogP contribution in [0.1, 0.15) is 29.3 Å². The molecule has 0 amide bonds. The number of halogens is 1. The van der Waals surface area contributed by atoms with Crippen LogP contribution in [0.2, 0.25) is 5.02 Å². The third-order valence-corrected chi connectivity index (χ3v) is 2.61. The molecule has 0 saturated carbocycles. The van der Waals surface area contributed by atoms with Gasteiger partial charge in [0.1, 0.15) is 0 Å². The molecule has 0 bridgehead atoms. The molecule has 0 aliphatic rings. The second kappa shape index (κ2) is 7.59. The van der Waals surface area contributed by atoms with Crippen LogP contribution in [-0.4, -0.2) is 25.7 Å². The van der Waals surface area contributed by atoms with Gasteiger partial charge in [0.05, 0.1) is 30.7 Å². The highest BCUT2D eigenvalue weighted by molar-refractivity contribution is 6.33. The molecule has 102 valence electrons. The second-order valence-electron chi connectivity index (χ2n) is 3.64. The molecular formula is C14H15ClO4. The molecule has 0 aromatic heterocycles. The van der Waals surface area contributed by atoms with Crippen LogP contribution >= 0.6 is 11.6 Å². The van der Waals surface area contributed by atoms with Gasteiger partial charge in [-0.1, -0.05) is 29.8 Å². The van der Waals surface area contributed by atoms with E-state index in [1.165, 1.54) is 7.11 Å². The normalized spacial score (nSPS) is 10.5. The molecular weight excluding hydrogens is 268 g/mol. The van der Waals surface area contributed by atoms with Crippen molar-refractivity contribution in [3.63, 3.8) is 0 Å². The summed E-state index contributed by atoms with van der Waals surface area (Å²) in [5.74, 6) is -0.761. The first-order valence-corrected chi connectivity index (χ1v) is 6.16. The maximum Gasteiger partial charge on any atom is 0.339 e. The van der Waals surface area contributed by atoms with E-state index in [1.54, 1.807) is 37.3 Å². The van der Waals surface area contributed by atoms with Crippen LogP contribution in [0.5, 0.6) is 0 Å². The van der Waals surface area contributed by atoms with E-state index in [9.17, 15) is 9.59 Å². The van der Waals surface area contributed by atoms with Crippen LogP contribution in [0.15, 0.2) is 24.3 Å². The van der Waals surface area contributed by atoms with E-state index in [0.717, 1.165) is 5.56 Å². The molecule has 0 aliphatic heterocycles. The predicted octanol–water partition coefficient (Wildman–Crippen LogP) is 3.09. The SMILES string of the molecule is CCOC(=O)CC=Cc1ccc(C(=O)OC)c(Cl)c1. The van der Waals surface area contributed by atoms with Crippen LogP contribution in [-0.2, 0) is 14.3 Å². The van der Waals surface area contributed by atoms with Crippen molar-refractivity contribution in [1.82, 2.24) is 0 Å². The van der Waals surface area contributed by atoms with Gasteiger partial charge in [0.25, 0.3) is 0 Å². The smallest absolute Gasteiger partial charge is 0.339 e. The average molecular weight is 283 g/mol. The van der Waals surface area contributed by atoms with E-state index in [1.807, 2.05) is 0 Å². The Morgan fingerprint density at radius 2 is 2.11 bits per heavy atom. The molecule has 0 heterocycles. The molecule has 0 spiro atoms. The first-order chi connectivity index (χ1) is 9.08. The summed E-state index contributed by atoms with van der Waals surface area (Å²) in [6, 6.07) is 4.94. The molecule has 5 heteroatoms. The summed E-state index contributed by atoms with van der Waals surface area (Å²) in [5, 5.41) is 0.310. The topological polar surface area (TPSA) is 52.6 Å². The monoisotopic (exact) mass is 282 g/mol. The Morgan fingerprint density at radius 1 is 1.37 bits per heavy atom. The summed E-state index contributed by atoms with van der Waals surface area (Å²) in [6.07, 6.45) is 3.62. The van der Waals surface area contributed by atoms with E-state index in [2.05, 4.69) is 4.74 Å². The molecule has 0 aliphatic carbocycles. The van der Waals surface area contributed by atoms with E-state index < -0.39 is 5.97 Å². The molecule has 1 aromatic rings. The highest BCUT2D eigenvalue weighted by Gasteiger charge is 2.09. The van der Waals surface area contributed by atoms with Crippen LogP contribution in [0.4, 0.5) is 0 Å². The van der Waals surface area contributed by atoms with Gasteiger partial charge in [-0.05, 0) is 24.6 Å². The number of methoxy groups -OCH3 is 1. The highest BCUT2D eigenvalue weighted by atomic mass is 35.5. The minimum Gasteiger partial charge on any atom is -0.466 e. The summed E-state index contributed by atoms with van der Waals surface area (Å²) in [6.45, 7) is 2.12. The zero-order valence-corrected chi connectivity index (χ0v) is 11.6. The van der Waals surface area contributed by atoms with Gasteiger partial charge >= 0.3 is 11.9 Å². The predicted molar refractivity (Wildman–Crippen MR) is 73.1 cm³/mol. The quantitative estimate of drug-likeness (QED) is 0.779. The van der Waals surface area contributed by atoms with Gasteiger partial charge in [-0.25, -0.2) is 4.79 Å². The molecule has 0 radical (unpaired) electrons. The summed E-state index contributed by atoms with van der Waals surface area (Å²) in [5.41, 5.74) is 1.11. The Morgan fingerprint density at radius 3 is 2.68 bits per heavy atom. The minimum absolute atomic E-state index is 0.199. The zero-order valence-electron chi connectivity index (χ0n) is 10.8. The van der Waals surface area contributed by atoms with E-state index in [0.29, 0.717) is 17.2 Å². The van der Waals surface area contributed by atoms with E-state index in [-0.39, 0.29) is 12.4 Å². The summed E-state index contributed by atoms with van der Waals surface area (Å²) in [7, 11) is 1.30. The Bertz CT molecular complexity index is 494. The molecule has 0 atom stereocenters. The van der Waals surface area contributed by atoms with Crippen molar-refractivity contribution in [2.75, 3.05) is 13.7 Å². The van der Waals surface area contributed by atoms with Crippen molar-refractivity contribution < 1.29 is 19.1 Å². The third-order valence-electron chi connectivity index (χ3n) is 2.30. The van der Waals surface area contributed by atoms with Crippen molar-refractivity contribution in [3.05, 3.63) is 40.4 Å². The lowest BCUT2D eigenvalue weighted by atomic mass is 10.1. The number of ether oxygens (including phenoxy) is 2. The molecule has 19 heavy (non-hydrogen) atoms. The number of hydrogen-bond acceptors (Lipinski definition) is 4. The number of esters is 2. The molecule has 0 fully saturated rings. The number of hydrogen-bond donors (Lipinski definition) is 0. The average Bonchev–Trinajstić information content (AvgIpc) is 2.38. The summed E-state index contributed by atoms with van der Waals surface area (Å²) < 4.78 is 9.39. The van der Waals surface area contributed by atoms with Crippen LogP contribution in [0.3, 0.4) is 0 Å². The molecule has 0 saturated heterocycles. The zero-order chi connectivity index (χ0) is 14.3. The summed E-state index contributed by atoms with van der Waals surface area (Å²) >= 11 is 5.97. The highest BCUT2D eigenvalue weighted by Crippen LogP contribution is 2.19. The van der Waals surface area contributed by atoms with Gasteiger partial charge in [0.15, 0.2) is 0 Å². The van der Waals surface area contributed by atoms with Crippen molar-refractivity contribution in [2.24, 2.45) is 0 Å². The van der Waals surface area contributed by atoms with Crippen molar-refractivity contribution in [3.8, 4) is 0 Å². The van der Waals surface area contributed by atoms with Crippen molar-refractivity contribution in [2.45, 2.75) is 13.3 Å². The number of carbonyl (C=O) groups is 2. The first-order valence-electron chi connectivity index (χ1n) is 5.78. The van der Waals surface area contributed by atoms with Crippen molar-refractivity contribution in [1.29, 1.82) is 0 Å². The van der Waals surface area contributed by atoms with Crippen LogP contribution < -0.4 is 0 Å². The third kappa shape index (κ3) is 4.75. The lowest BCUT2D eigenvalue weighted by molar-refractivity contribution is -0.142. The lowest BCUT2D eigenvalue weighted by Crippen LogP contribution is -2.02. The minimum atomic E-state index is -0.480. The Labute approximate surface area is 117 Å². The fourth-order valence-electron chi connectivity index (χ4n) is 1.42. The first kappa shape index (κ1) is 15.2. The number of benzene rings is 1.